The van der Waals surface area contributed by atoms with Crippen LogP contribution < -0.4 is 5.32 Å². The third kappa shape index (κ3) is 4.26. The number of aliphatic hydroxyl groups is 2. The molecule has 3 aromatic carbocycles. The van der Waals surface area contributed by atoms with Crippen molar-refractivity contribution < 1.29 is 19.7 Å². The molecule has 0 saturated carbocycles. The molecule has 0 aliphatic heterocycles. The fourth-order valence-corrected chi connectivity index (χ4v) is 3.99. The Hall–Kier alpha value is -2.89. The Morgan fingerprint density at radius 2 is 1.72 bits per heavy atom. The quantitative estimate of drug-likeness (QED) is 0.574. The van der Waals surface area contributed by atoms with E-state index in [2.05, 4.69) is 11.4 Å². The summed E-state index contributed by atoms with van der Waals surface area (Å²) in [6.45, 7) is 0.408. The lowest BCUT2D eigenvalue weighted by atomic mass is 9.93. The predicted molar refractivity (Wildman–Crippen MR) is 112 cm³/mol. The van der Waals surface area contributed by atoms with Gasteiger partial charge in [-0.25, -0.2) is 4.79 Å². The molecule has 0 saturated heterocycles. The lowest BCUT2D eigenvalue weighted by Crippen LogP contribution is -2.29. The summed E-state index contributed by atoms with van der Waals surface area (Å²) in [5, 5.41) is 26.0. The maximum atomic E-state index is 11.8. The third-order valence-electron chi connectivity index (χ3n) is 5.52. The normalized spacial score (nSPS) is 14.6. The van der Waals surface area contributed by atoms with Crippen LogP contribution in [-0.4, -0.2) is 29.0 Å². The van der Waals surface area contributed by atoms with Crippen molar-refractivity contribution in [3.05, 3.63) is 82.9 Å². The van der Waals surface area contributed by atoms with Crippen LogP contribution in [0.5, 0.6) is 0 Å². The summed E-state index contributed by atoms with van der Waals surface area (Å²) in [4.78, 5) is 11.8. The Labute approximate surface area is 169 Å². The number of benzene rings is 3. The van der Waals surface area contributed by atoms with Gasteiger partial charge in [0.2, 0.25) is 0 Å². The van der Waals surface area contributed by atoms with Gasteiger partial charge in [-0.2, -0.15) is 0 Å². The molecule has 3 N–H and O–H groups in total. The van der Waals surface area contributed by atoms with E-state index in [-0.39, 0.29) is 19.6 Å². The molecule has 5 nitrogen and oxygen atoms in total. The zero-order chi connectivity index (χ0) is 20.2. The molecule has 0 aromatic heterocycles. The van der Waals surface area contributed by atoms with Crippen LogP contribution in [0.15, 0.2) is 60.7 Å². The topological polar surface area (TPSA) is 78.8 Å². The van der Waals surface area contributed by atoms with Crippen molar-refractivity contribution in [3.8, 4) is 0 Å². The van der Waals surface area contributed by atoms with Gasteiger partial charge in [0.25, 0.3) is 0 Å². The van der Waals surface area contributed by atoms with Crippen LogP contribution in [0.1, 0.15) is 34.8 Å². The van der Waals surface area contributed by atoms with Crippen LogP contribution in [0.3, 0.4) is 0 Å². The molecule has 1 aliphatic rings. The van der Waals surface area contributed by atoms with Crippen molar-refractivity contribution in [2.24, 2.45) is 0 Å². The summed E-state index contributed by atoms with van der Waals surface area (Å²) in [6.07, 6.45) is -0.274. The molecule has 1 aliphatic carbocycles. The van der Waals surface area contributed by atoms with E-state index in [0.717, 1.165) is 29.4 Å². The standard InChI is InChI=1S/C24H25NO4/c26-21(13-14-25-24(28)29-15-16-5-2-1-3-6-16)23(27)20-12-11-18-10-9-17-7-4-8-19(20)22(17)18/h1-8,11-12,21,23,26-27H,9-10,13-15H2,(H,25,28). The van der Waals surface area contributed by atoms with E-state index < -0.39 is 18.3 Å². The molecule has 0 bridgehead atoms. The zero-order valence-corrected chi connectivity index (χ0v) is 16.2. The van der Waals surface area contributed by atoms with Crippen LogP contribution in [-0.2, 0) is 24.2 Å². The number of rotatable bonds is 7. The van der Waals surface area contributed by atoms with Gasteiger partial charge in [0.15, 0.2) is 0 Å². The first-order valence-electron chi connectivity index (χ1n) is 9.97. The summed E-state index contributed by atoms with van der Waals surface area (Å²) < 4.78 is 5.15. The van der Waals surface area contributed by atoms with Crippen molar-refractivity contribution >= 4 is 16.9 Å². The number of hydrogen-bond donors (Lipinski definition) is 3. The van der Waals surface area contributed by atoms with Crippen LogP contribution >= 0.6 is 0 Å². The number of carbonyl (C=O) groups is 1. The van der Waals surface area contributed by atoms with Gasteiger partial charge in [0.1, 0.15) is 12.7 Å². The molecule has 3 aromatic rings. The van der Waals surface area contributed by atoms with E-state index >= 15 is 0 Å². The lowest BCUT2D eigenvalue weighted by molar-refractivity contribution is 0.0145. The second-order valence-corrected chi connectivity index (χ2v) is 7.44. The van der Waals surface area contributed by atoms with E-state index in [0.29, 0.717) is 0 Å². The average molecular weight is 391 g/mol. The summed E-state index contributed by atoms with van der Waals surface area (Å²) in [5.41, 5.74) is 4.23. The van der Waals surface area contributed by atoms with Crippen molar-refractivity contribution in [1.29, 1.82) is 0 Å². The van der Waals surface area contributed by atoms with Crippen LogP contribution in [0.25, 0.3) is 10.8 Å². The van der Waals surface area contributed by atoms with Crippen molar-refractivity contribution in [2.75, 3.05) is 6.54 Å². The van der Waals surface area contributed by atoms with E-state index in [4.69, 9.17) is 4.74 Å². The van der Waals surface area contributed by atoms with E-state index in [1.54, 1.807) is 0 Å². The maximum absolute atomic E-state index is 11.8. The molecular formula is C24H25NO4. The summed E-state index contributed by atoms with van der Waals surface area (Å²) in [6, 6.07) is 19.5. The molecule has 2 unspecified atom stereocenters. The monoisotopic (exact) mass is 391 g/mol. The molecule has 5 heteroatoms. The highest BCUT2D eigenvalue weighted by Crippen LogP contribution is 2.35. The summed E-state index contributed by atoms with van der Waals surface area (Å²) in [5.74, 6) is 0. The summed E-state index contributed by atoms with van der Waals surface area (Å²) >= 11 is 0. The number of alkyl carbamates (subject to hydrolysis) is 1. The van der Waals surface area contributed by atoms with Crippen LogP contribution in [0.4, 0.5) is 4.79 Å². The lowest BCUT2D eigenvalue weighted by Gasteiger charge is -2.20. The van der Waals surface area contributed by atoms with E-state index in [1.807, 2.05) is 54.6 Å². The van der Waals surface area contributed by atoms with Gasteiger partial charge in [0.05, 0.1) is 6.10 Å². The minimum atomic E-state index is -1.01. The largest absolute Gasteiger partial charge is 0.445 e. The number of aryl methyl sites for hydroxylation is 2. The van der Waals surface area contributed by atoms with Gasteiger partial charge in [-0.1, -0.05) is 60.7 Å². The van der Waals surface area contributed by atoms with Gasteiger partial charge in [0, 0.05) is 6.54 Å². The third-order valence-corrected chi connectivity index (χ3v) is 5.52. The minimum absolute atomic E-state index is 0.193. The van der Waals surface area contributed by atoms with Crippen LogP contribution in [0, 0.1) is 0 Å². The van der Waals surface area contributed by atoms with Gasteiger partial charge < -0.3 is 20.3 Å². The van der Waals surface area contributed by atoms with Crippen LogP contribution in [0.2, 0.25) is 0 Å². The Morgan fingerprint density at radius 3 is 2.52 bits per heavy atom. The number of aliphatic hydroxyl groups excluding tert-OH is 2. The number of amides is 1. The molecule has 0 radical (unpaired) electrons. The molecule has 2 atom stereocenters. The van der Waals surface area contributed by atoms with Crippen molar-refractivity contribution in [1.82, 2.24) is 5.32 Å². The molecule has 150 valence electrons. The smallest absolute Gasteiger partial charge is 0.407 e. The highest BCUT2D eigenvalue weighted by atomic mass is 16.5. The van der Waals surface area contributed by atoms with Gasteiger partial charge >= 0.3 is 6.09 Å². The molecule has 0 fully saturated rings. The SMILES string of the molecule is O=C(NCCC(O)C(O)c1ccc2c3c(cccc13)CC2)OCc1ccccc1. The molecule has 0 heterocycles. The number of nitrogens with one attached hydrogen (secondary N) is 1. The second kappa shape index (κ2) is 8.64. The Bertz CT molecular complexity index is 992. The highest BCUT2D eigenvalue weighted by Gasteiger charge is 2.23. The molecular weight excluding hydrogens is 366 g/mol. The first-order valence-corrected chi connectivity index (χ1v) is 9.97. The average Bonchev–Trinajstić information content (AvgIpc) is 3.18. The predicted octanol–water partition coefficient (Wildman–Crippen LogP) is 3.65. The fourth-order valence-electron chi connectivity index (χ4n) is 3.99. The molecule has 0 spiro atoms. The first kappa shape index (κ1) is 19.4. The maximum Gasteiger partial charge on any atom is 0.407 e. The fraction of sp³-hybridized carbons (Fsp3) is 0.292. The Kier molecular flexibility index (Phi) is 5.79. The number of carbonyl (C=O) groups excluding carboxylic acids is 1. The second-order valence-electron chi connectivity index (χ2n) is 7.44. The van der Waals surface area contributed by atoms with Gasteiger partial charge in [-0.15, -0.1) is 0 Å². The number of hydrogen-bond acceptors (Lipinski definition) is 4. The zero-order valence-electron chi connectivity index (χ0n) is 16.2. The molecule has 1 amide bonds. The first-order chi connectivity index (χ1) is 14.1. The number of ether oxygens (including phenoxy) is 1. The molecule has 29 heavy (non-hydrogen) atoms. The highest BCUT2D eigenvalue weighted by molar-refractivity contribution is 5.93. The van der Waals surface area contributed by atoms with E-state index in [9.17, 15) is 15.0 Å². The molecule has 4 rings (SSSR count). The van der Waals surface area contributed by atoms with Crippen molar-refractivity contribution in [3.63, 3.8) is 0 Å². The minimum Gasteiger partial charge on any atom is -0.445 e. The van der Waals surface area contributed by atoms with Crippen molar-refractivity contribution in [2.45, 2.75) is 38.1 Å². The Morgan fingerprint density at radius 1 is 0.966 bits per heavy atom. The van der Waals surface area contributed by atoms with Gasteiger partial charge in [-0.05, 0) is 52.3 Å². The van der Waals surface area contributed by atoms with Gasteiger partial charge in [-0.3, -0.25) is 0 Å². The summed E-state index contributed by atoms with van der Waals surface area (Å²) in [7, 11) is 0. The Balaban J connectivity index is 1.32. The van der Waals surface area contributed by atoms with E-state index in [1.165, 1.54) is 16.5 Å².